The van der Waals surface area contributed by atoms with E-state index in [1.54, 1.807) is 13.2 Å². The predicted octanol–water partition coefficient (Wildman–Crippen LogP) is 2.65. The zero-order valence-corrected chi connectivity index (χ0v) is 13.6. The first-order valence-electron chi connectivity index (χ1n) is 6.05. The lowest BCUT2D eigenvalue weighted by atomic mass is 10.2. The molecule has 0 aromatic heterocycles. The Bertz CT molecular complexity index is 459. The summed E-state index contributed by atoms with van der Waals surface area (Å²) < 4.78 is 29.7. The van der Waals surface area contributed by atoms with Gasteiger partial charge in [-0.3, -0.25) is 0 Å². The van der Waals surface area contributed by atoms with Crippen LogP contribution in [0.25, 0.3) is 0 Å². The van der Waals surface area contributed by atoms with E-state index < -0.39 is 5.82 Å². The molecule has 0 atom stereocenters. The summed E-state index contributed by atoms with van der Waals surface area (Å²) >= 11 is 7.94. The summed E-state index contributed by atoms with van der Waals surface area (Å²) in [4.78, 5) is 0.133. The molecular weight excluding hydrogens is 349 g/mol. The summed E-state index contributed by atoms with van der Waals surface area (Å²) in [6.45, 7) is 2.00. The van der Waals surface area contributed by atoms with Crippen molar-refractivity contribution in [2.24, 2.45) is 5.73 Å². The highest BCUT2D eigenvalue weighted by Crippen LogP contribution is 2.28. The lowest BCUT2D eigenvalue weighted by molar-refractivity contribution is 0.0642. The predicted molar refractivity (Wildman–Crippen MR) is 82.8 cm³/mol. The van der Waals surface area contributed by atoms with Gasteiger partial charge in [0.05, 0.1) is 24.3 Å². The van der Waals surface area contributed by atoms with Crippen LogP contribution in [0.3, 0.4) is 0 Å². The van der Waals surface area contributed by atoms with Crippen molar-refractivity contribution in [3.05, 3.63) is 28.0 Å². The third-order valence-corrected chi connectivity index (χ3v) is 3.43. The Hall–Kier alpha value is -0.760. The van der Waals surface area contributed by atoms with Gasteiger partial charge in [0.25, 0.3) is 0 Å². The maximum Gasteiger partial charge on any atom is 0.179 e. The second-order valence-corrected chi connectivity index (χ2v) is 5.14. The summed E-state index contributed by atoms with van der Waals surface area (Å²) in [6, 6.07) is 3.14. The molecule has 0 aliphatic rings. The van der Waals surface area contributed by atoms with Gasteiger partial charge in [-0.2, -0.15) is 0 Å². The zero-order valence-electron chi connectivity index (χ0n) is 11.2. The van der Waals surface area contributed by atoms with Gasteiger partial charge in [-0.15, -0.1) is 0 Å². The van der Waals surface area contributed by atoms with Crippen LogP contribution < -0.4 is 10.5 Å². The highest BCUT2D eigenvalue weighted by Gasteiger charge is 2.13. The monoisotopic (exact) mass is 365 g/mol. The Kier molecular flexibility index (Phi) is 7.98. The van der Waals surface area contributed by atoms with Gasteiger partial charge in [0.2, 0.25) is 0 Å². The number of thiocarbonyl (C=S) groups is 1. The van der Waals surface area contributed by atoms with Crippen LogP contribution in [0.4, 0.5) is 4.39 Å². The van der Waals surface area contributed by atoms with Gasteiger partial charge in [-0.05, 0) is 28.1 Å². The molecule has 0 heterocycles. The first-order chi connectivity index (χ1) is 9.57. The molecule has 0 fully saturated rings. The quantitative estimate of drug-likeness (QED) is 0.538. The van der Waals surface area contributed by atoms with E-state index in [1.807, 2.05) is 0 Å². The molecular formula is C13H17BrFNO3S. The summed E-state index contributed by atoms with van der Waals surface area (Å²) in [5.41, 5.74) is 5.93. The highest BCUT2D eigenvalue weighted by molar-refractivity contribution is 9.10. The van der Waals surface area contributed by atoms with Crippen molar-refractivity contribution in [2.75, 3.05) is 33.5 Å². The van der Waals surface area contributed by atoms with E-state index in [9.17, 15) is 4.39 Å². The largest absolute Gasteiger partial charge is 0.490 e. The number of ether oxygens (including phenoxy) is 3. The van der Waals surface area contributed by atoms with Gasteiger partial charge in [-0.1, -0.05) is 12.2 Å². The van der Waals surface area contributed by atoms with E-state index >= 15 is 0 Å². The van der Waals surface area contributed by atoms with E-state index in [2.05, 4.69) is 15.9 Å². The average Bonchev–Trinajstić information content (AvgIpc) is 2.42. The average molecular weight is 366 g/mol. The number of halogens is 2. The Morgan fingerprint density at radius 1 is 1.30 bits per heavy atom. The van der Waals surface area contributed by atoms with Crippen molar-refractivity contribution in [1.82, 2.24) is 0 Å². The van der Waals surface area contributed by atoms with Crippen molar-refractivity contribution >= 4 is 33.1 Å². The van der Waals surface area contributed by atoms with Gasteiger partial charge in [-0.25, -0.2) is 4.39 Å². The second kappa shape index (κ2) is 9.23. The van der Waals surface area contributed by atoms with Gasteiger partial charge in [0, 0.05) is 25.7 Å². The van der Waals surface area contributed by atoms with Crippen molar-refractivity contribution in [3.8, 4) is 5.75 Å². The lowest BCUT2D eigenvalue weighted by Crippen LogP contribution is -2.12. The fourth-order valence-corrected chi connectivity index (χ4v) is 2.26. The summed E-state index contributed by atoms with van der Waals surface area (Å²) in [7, 11) is 1.61. The number of hydrogen-bond acceptors (Lipinski definition) is 4. The Morgan fingerprint density at radius 3 is 2.70 bits per heavy atom. The molecule has 0 aliphatic carbocycles. The van der Waals surface area contributed by atoms with Crippen molar-refractivity contribution in [1.29, 1.82) is 0 Å². The number of benzene rings is 1. The molecule has 4 nitrogen and oxygen atoms in total. The minimum atomic E-state index is -0.504. The minimum absolute atomic E-state index is 0.133. The van der Waals surface area contributed by atoms with Crippen LogP contribution in [-0.2, 0) is 9.47 Å². The fourth-order valence-electron chi connectivity index (χ4n) is 1.42. The van der Waals surface area contributed by atoms with Crippen LogP contribution in [0.1, 0.15) is 12.0 Å². The highest BCUT2D eigenvalue weighted by atomic mass is 79.9. The van der Waals surface area contributed by atoms with E-state index in [-0.39, 0.29) is 15.2 Å². The first-order valence-corrected chi connectivity index (χ1v) is 7.25. The van der Waals surface area contributed by atoms with Gasteiger partial charge in [0.15, 0.2) is 11.6 Å². The maximum absolute atomic E-state index is 14.0. The van der Waals surface area contributed by atoms with Gasteiger partial charge in [0.1, 0.15) is 4.99 Å². The second-order valence-electron chi connectivity index (χ2n) is 3.91. The number of hydrogen-bond donors (Lipinski definition) is 1. The first kappa shape index (κ1) is 17.3. The van der Waals surface area contributed by atoms with E-state index in [0.29, 0.717) is 38.4 Å². The normalized spacial score (nSPS) is 10.6. The molecule has 0 aliphatic heterocycles. The minimum Gasteiger partial charge on any atom is -0.490 e. The molecule has 20 heavy (non-hydrogen) atoms. The molecule has 112 valence electrons. The number of methoxy groups -OCH3 is 1. The molecule has 0 saturated carbocycles. The molecule has 7 heteroatoms. The molecule has 0 amide bonds. The van der Waals surface area contributed by atoms with E-state index in [1.165, 1.54) is 6.07 Å². The van der Waals surface area contributed by atoms with E-state index in [0.717, 1.165) is 0 Å². The van der Waals surface area contributed by atoms with Crippen LogP contribution in [0.15, 0.2) is 16.6 Å². The molecule has 2 N–H and O–H groups in total. The molecule has 0 unspecified atom stereocenters. The molecule has 1 aromatic carbocycles. The van der Waals surface area contributed by atoms with E-state index in [4.69, 9.17) is 32.2 Å². The van der Waals surface area contributed by atoms with Crippen LogP contribution in [0.2, 0.25) is 0 Å². The SMILES string of the molecule is COCCOCCCOc1ccc(C(N)=S)c(Br)c1F. The molecule has 0 radical (unpaired) electrons. The Balaban J connectivity index is 2.41. The number of rotatable bonds is 9. The molecule has 1 rings (SSSR count). The third kappa shape index (κ3) is 5.32. The van der Waals surface area contributed by atoms with Gasteiger partial charge < -0.3 is 19.9 Å². The van der Waals surface area contributed by atoms with Crippen LogP contribution in [-0.4, -0.2) is 38.5 Å². The zero-order chi connectivity index (χ0) is 15.0. The molecule has 0 bridgehead atoms. The Labute approximate surface area is 131 Å². The molecule has 0 spiro atoms. The summed E-state index contributed by atoms with van der Waals surface area (Å²) in [5.74, 6) is -0.343. The van der Waals surface area contributed by atoms with Crippen molar-refractivity contribution < 1.29 is 18.6 Å². The van der Waals surface area contributed by atoms with Gasteiger partial charge >= 0.3 is 0 Å². The molecule has 1 aromatic rings. The topological polar surface area (TPSA) is 53.7 Å². The standard InChI is InChI=1S/C13H17BrFNO3S/c1-17-7-8-18-5-2-6-19-10-4-3-9(13(16)20)11(14)12(10)15/h3-4H,2,5-8H2,1H3,(H2,16,20). The lowest BCUT2D eigenvalue weighted by Gasteiger charge is -2.10. The maximum atomic E-state index is 14.0. The van der Waals surface area contributed by atoms with Crippen LogP contribution >= 0.6 is 28.1 Å². The number of nitrogens with two attached hydrogens (primary N) is 1. The van der Waals surface area contributed by atoms with Crippen LogP contribution in [0, 0.1) is 5.82 Å². The molecule has 0 saturated heterocycles. The smallest absolute Gasteiger partial charge is 0.179 e. The van der Waals surface area contributed by atoms with Crippen molar-refractivity contribution in [2.45, 2.75) is 6.42 Å². The summed E-state index contributed by atoms with van der Waals surface area (Å²) in [5, 5.41) is 0. The Morgan fingerprint density at radius 2 is 2.05 bits per heavy atom. The summed E-state index contributed by atoms with van der Waals surface area (Å²) in [6.07, 6.45) is 0.665. The fraction of sp³-hybridized carbons (Fsp3) is 0.462. The van der Waals surface area contributed by atoms with Crippen LogP contribution in [0.5, 0.6) is 5.75 Å². The van der Waals surface area contributed by atoms with Crippen molar-refractivity contribution in [3.63, 3.8) is 0 Å². The third-order valence-electron chi connectivity index (χ3n) is 2.43.